The summed E-state index contributed by atoms with van der Waals surface area (Å²) in [4.78, 5) is 47.3. The zero-order valence-corrected chi connectivity index (χ0v) is 29.2. The number of fused-ring (bicyclic) bond motifs is 1. The molecule has 0 saturated carbocycles. The number of ether oxygens (including phenoxy) is 2. The molecule has 11 nitrogen and oxygen atoms in total. The molecule has 2 aliphatic rings. The molecule has 0 aliphatic carbocycles. The molecular weight excluding hydrogens is 676 g/mol. The molecule has 49 heavy (non-hydrogen) atoms. The van der Waals surface area contributed by atoms with E-state index < -0.39 is 29.0 Å². The van der Waals surface area contributed by atoms with E-state index in [9.17, 15) is 23.9 Å². The summed E-state index contributed by atoms with van der Waals surface area (Å²) < 4.78 is 28.9. The molecular formula is C35H38Cl2FN5O6. The number of carbonyl (C=O) groups is 2. The number of rotatable bonds is 5. The highest BCUT2D eigenvalue weighted by atomic mass is 35.5. The van der Waals surface area contributed by atoms with Crippen LogP contribution in [0, 0.1) is 5.82 Å². The van der Waals surface area contributed by atoms with Crippen molar-refractivity contribution in [2.75, 3.05) is 26.2 Å². The van der Waals surface area contributed by atoms with Gasteiger partial charge >= 0.3 is 6.09 Å². The van der Waals surface area contributed by atoms with Crippen molar-refractivity contribution in [3.8, 4) is 5.69 Å². The van der Waals surface area contributed by atoms with Gasteiger partial charge in [-0.25, -0.2) is 14.2 Å². The quantitative estimate of drug-likeness (QED) is 0.270. The monoisotopic (exact) mass is 713 g/mol. The molecule has 0 radical (unpaired) electrons. The minimum absolute atomic E-state index is 0.0418. The molecule has 0 spiro atoms. The van der Waals surface area contributed by atoms with Gasteiger partial charge in [-0.15, -0.1) is 0 Å². The first-order valence-electron chi connectivity index (χ1n) is 16.1. The van der Waals surface area contributed by atoms with Crippen LogP contribution in [0.3, 0.4) is 0 Å². The normalized spacial score (nSPS) is 19.7. The molecule has 2 aromatic heterocycles. The first-order chi connectivity index (χ1) is 23.1. The summed E-state index contributed by atoms with van der Waals surface area (Å²) in [5, 5.41) is 12.1. The number of nitrogens with zero attached hydrogens (tertiary/aromatic N) is 5. The SMILES string of the molecule is C[C@H]1CN(C(=O)OC(C)(C)C)[C@H](c2ccc(-n3c(Cl)cc4c(=O)n(CC5(O)CCN(C(=O)c6ccc(Cl)cc6F)CC5)cnc43)cc2)CO1. The molecule has 2 amide bonds. The van der Waals surface area contributed by atoms with Gasteiger partial charge in [-0.05, 0) is 82.5 Å². The van der Waals surface area contributed by atoms with Gasteiger partial charge in [0.2, 0.25) is 0 Å². The molecule has 2 fully saturated rings. The number of piperidine rings is 1. The smallest absolute Gasteiger partial charge is 0.410 e. The number of halogens is 3. The molecule has 0 bridgehead atoms. The van der Waals surface area contributed by atoms with E-state index in [1.54, 1.807) is 15.5 Å². The molecule has 260 valence electrons. The number of likely N-dealkylation sites (tertiary alicyclic amines) is 1. The Labute approximate surface area is 292 Å². The van der Waals surface area contributed by atoms with Crippen molar-refractivity contribution in [1.82, 2.24) is 23.9 Å². The molecule has 6 rings (SSSR count). The van der Waals surface area contributed by atoms with Gasteiger partial charge in [0.05, 0.1) is 48.4 Å². The fraction of sp³-hybridized carbons (Fsp3) is 0.429. The Bertz CT molecular complexity index is 1950. The molecule has 2 aromatic carbocycles. The fourth-order valence-electron chi connectivity index (χ4n) is 6.33. The number of hydrogen-bond donors (Lipinski definition) is 1. The van der Waals surface area contributed by atoms with E-state index in [0.717, 1.165) is 11.6 Å². The number of aromatic nitrogens is 3. The molecule has 1 N–H and O–H groups in total. The van der Waals surface area contributed by atoms with Gasteiger partial charge in [-0.2, -0.15) is 0 Å². The second kappa shape index (κ2) is 13.4. The molecule has 4 heterocycles. The van der Waals surface area contributed by atoms with E-state index in [1.165, 1.54) is 27.9 Å². The lowest BCUT2D eigenvalue weighted by Crippen LogP contribution is -2.49. The fourth-order valence-corrected chi connectivity index (χ4v) is 6.77. The van der Waals surface area contributed by atoms with Crippen molar-refractivity contribution in [3.63, 3.8) is 0 Å². The molecule has 0 unspecified atom stereocenters. The van der Waals surface area contributed by atoms with Gasteiger partial charge in [-0.3, -0.25) is 23.6 Å². The standard InChI is InChI=1S/C35H38Cl2FN5O6/c1-21-17-42(33(46)49-34(2,3)4)28(18-48-21)22-5-8-24(9-6-22)43-29(37)16-26-30(43)39-20-41(32(26)45)19-35(47)11-13-40(14-12-35)31(44)25-10-7-23(36)15-27(25)38/h5-10,15-16,20-21,28,47H,11-14,17-19H2,1-4H3/t21-,28-/m0/s1. The minimum Gasteiger partial charge on any atom is -0.444 e. The first-order valence-corrected chi connectivity index (χ1v) is 16.8. The van der Waals surface area contributed by atoms with E-state index in [0.29, 0.717) is 24.5 Å². The Morgan fingerprint density at radius 1 is 1.10 bits per heavy atom. The van der Waals surface area contributed by atoms with Gasteiger partial charge in [0.15, 0.2) is 5.65 Å². The van der Waals surface area contributed by atoms with Crippen LogP contribution >= 0.6 is 23.2 Å². The lowest BCUT2D eigenvalue weighted by molar-refractivity contribution is -0.0644. The Morgan fingerprint density at radius 2 is 1.80 bits per heavy atom. The van der Waals surface area contributed by atoms with E-state index in [1.807, 2.05) is 52.0 Å². The average molecular weight is 715 g/mol. The van der Waals surface area contributed by atoms with Crippen molar-refractivity contribution >= 4 is 46.2 Å². The number of amides is 2. The summed E-state index contributed by atoms with van der Waals surface area (Å²) in [6, 6.07) is 12.5. The van der Waals surface area contributed by atoms with Crippen LogP contribution in [0.5, 0.6) is 0 Å². The predicted octanol–water partition coefficient (Wildman–Crippen LogP) is 6.00. The Morgan fingerprint density at radius 3 is 2.45 bits per heavy atom. The van der Waals surface area contributed by atoms with Crippen LogP contribution in [0.1, 0.15) is 62.5 Å². The maximum atomic E-state index is 14.3. The van der Waals surface area contributed by atoms with Gasteiger partial charge in [-0.1, -0.05) is 35.3 Å². The molecule has 4 aromatic rings. The topological polar surface area (TPSA) is 119 Å². The number of benzene rings is 2. The van der Waals surface area contributed by atoms with Gasteiger partial charge in [0.25, 0.3) is 11.5 Å². The van der Waals surface area contributed by atoms with E-state index in [-0.39, 0.29) is 71.3 Å². The van der Waals surface area contributed by atoms with E-state index in [4.69, 9.17) is 32.7 Å². The lowest BCUT2D eigenvalue weighted by atomic mass is 9.91. The average Bonchev–Trinajstić information content (AvgIpc) is 3.38. The van der Waals surface area contributed by atoms with E-state index >= 15 is 0 Å². The summed E-state index contributed by atoms with van der Waals surface area (Å²) in [5.74, 6) is -1.19. The number of carbonyl (C=O) groups excluding carboxylic acids is 2. The molecule has 2 atom stereocenters. The first kappa shape index (κ1) is 34.9. The van der Waals surface area contributed by atoms with Gasteiger partial charge in [0.1, 0.15) is 22.9 Å². The third kappa shape index (κ3) is 7.33. The zero-order valence-electron chi connectivity index (χ0n) is 27.7. The Kier molecular flexibility index (Phi) is 9.53. The van der Waals surface area contributed by atoms with Crippen LogP contribution in [0.15, 0.2) is 59.7 Å². The predicted molar refractivity (Wildman–Crippen MR) is 183 cm³/mol. The third-order valence-electron chi connectivity index (χ3n) is 8.88. The van der Waals surface area contributed by atoms with Gasteiger partial charge < -0.3 is 19.5 Å². The second-order valence-corrected chi connectivity index (χ2v) is 14.6. The highest BCUT2D eigenvalue weighted by Gasteiger charge is 2.37. The molecule has 14 heteroatoms. The van der Waals surface area contributed by atoms with Crippen LogP contribution in [0.25, 0.3) is 16.7 Å². The highest BCUT2D eigenvalue weighted by Crippen LogP contribution is 2.31. The summed E-state index contributed by atoms with van der Waals surface area (Å²) in [5.41, 5.74) is -0.526. The summed E-state index contributed by atoms with van der Waals surface area (Å²) in [6.45, 7) is 8.43. The molecule has 2 aliphatic heterocycles. The number of hydrogen-bond acceptors (Lipinski definition) is 7. The van der Waals surface area contributed by atoms with Crippen LogP contribution in [-0.4, -0.2) is 84.6 Å². The number of aliphatic hydroxyl groups is 1. The minimum atomic E-state index is -1.29. The maximum absolute atomic E-state index is 14.3. The summed E-state index contributed by atoms with van der Waals surface area (Å²) in [7, 11) is 0. The van der Waals surface area contributed by atoms with Crippen LogP contribution < -0.4 is 5.56 Å². The maximum Gasteiger partial charge on any atom is 0.410 e. The lowest BCUT2D eigenvalue weighted by Gasteiger charge is -2.39. The van der Waals surface area contributed by atoms with Crippen molar-refractivity contribution in [3.05, 3.63) is 92.3 Å². The summed E-state index contributed by atoms with van der Waals surface area (Å²) >= 11 is 12.5. The summed E-state index contributed by atoms with van der Waals surface area (Å²) in [6.07, 6.45) is 1.20. The molecule has 2 saturated heterocycles. The Balaban J connectivity index is 1.18. The van der Waals surface area contributed by atoms with Crippen molar-refractivity contribution < 1.29 is 28.6 Å². The Hall–Kier alpha value is -3.97. The number of morpholine rings is 1. The van der Waals surface area contributed by atoms with E-state index in [2.05, 4.69) is 4.98 Å². The van der Waals surface area contributed by atoms with Crippen molar-refractivity contribution in [1.29, 1.82) is 0 Å². The second-order valence-electron chi connectivity index (χ2n) is 13.7. The van der Waals surface area contributed by atoms with Crippen molar-refractivity contribution in [2.45, 2.75) is 70.4 Å². The highest BCUT2D eigenvalue weighted by molar-refractivity contribution is 6.31. The zero-order chi connectivity index (χ0) is 35.2. The van der Waals surface area contributed by atoms with Gasteiger partial charge in [0, 0.05) is 23.8 Å². The largest absolute Gasteiger partial charge is 0.444 e. The third-order valence-corrected chi connectivity index (χ3v) is 9.39. The van der Waals surface area contributed by atoms with Crippen LogP contribution in [-0.2, 0) is 16.0 Å². The van der Waals surface area contributed by atoms with Crippen LogP contribution in [0.4, 0.5) is 9.18 Å². The van der Waals surface area contributed by atoms with Crippen molar-refractivity contribution in [2.24, 2.45) is 0 Å². The van der Waals surface area contributed by atoms with Crippen LogP contribution in [0.2, 0.25) is 10.2 Å².